The summed E-state index contributed by atoms with van der Waals surface area (Å²) in [5.74, 6) is 0. The maximum absolute atomic E-state index is 13.1. The molecule has 1 aliphatic carbocycles. The van der Waals surface area contributed by atoms with Crippen molar-refractivity contribution in [3.05, 3.63) is 102 Å². The van der Waals surface area contributed by atoms with Crippen LogP contribution in [0.3, 0.4) is 0 Å². The number of rotatable bonds is 5. The van der Waals surface area contributed by atoms with Crippen LogP contribution in [0.1, 0.15) is 23.1 Å². The van der Waals surface area contributed by atoms with E-state index in [1.54, 1.807) is 24.3 Å². The molecular formula is C22H21NO3S. The minimum Gasteiger partial charge on any atom is -0.383 e. The van der Waals surface area contributed by atoms with E-state index < -0.39 is 21.2 Å². The molecule has 4 rings (SSSR count). The smallest absolute Gasteiger partial charge is 0.241 e. The average molecular weight is 379 g/mol. The average Bonchev–Trinajstić information content (AvgIpc) is 3.29. The van der Waals surface area contributed by atoms with Crippen molar-refractivity contribution in [1.82, 2.24) is 4.72 Å². The molecule has 138 valence electrons. The topological polar surface area (TPSA) is 66.4 Å². The van der Waals surface area contributed by atoms with E-state index in [0.29, 0.717) is 5.56 Å². The van der Waals surface area contributed by atoms with Crippen LogP contribution in [-0.2, 0) is 21.2 Å². The number of hydrogen-bond donors (Lipinski definition) is 2. The predicted molar refractivity (Wildman–Crippen MR) is 105 cm³/mol. The number of sulfonamides is 1. The van der Waals surface area contributed by atoms with Crippen molar-refractivity contribution in [3.63, 3.8) is 0 Å². The Bertz CT molecular complexity index is 1050. The standard InChI is InChI=1S/C22H21NO3S/c1-17-12-14-20(15-13-17)27(25,26)23-21(18-8-4-2-5-9-18)16-22(21,24)19-10-6-3-7-11-19/h2-15,23-24H,16H2,1H3/t21-,22+/m1/s1. The Labute approximate surface area is 159 Å². The van der Waals surface area contributed by atoms with Gasteiger partial charge in [0.2, 0.25) is 10.0 Å². The molecule has 1 aliphatic rings. The summed E-state index contributed by atoms with van der Waals surface area (Å²) >= 11 is 0. The van der Waals surface area contributed by atoms with Crippen molar-refractivity contribution in [2.24, 2.45) is 0 Å². The zero-order chi connectivity index (χ0) is 19.1. The first kappa shape index (κ1) is 17.9. The maximum atomic E-state index is 13.1. The van der Waals surface area contributed by atoms with Gasteiger partial charge in [-0.2, -0.15) is 4.72 Å². The van der Waals surface area contributed by atoms with Gasteiger partial charge in [0.15, 0.2) is 0 Å². The van der Waals surface area contributed by atoms with Crippen molar-refractivity contribution in [1.29, 1.82) is 0 Å². The van der Waals surface area contributed by atoms with Gasteiger partial charge >= 0.3 is 0 Å². The monoisotopic (exact) mass is 379 g/mol. The molecule has 1 fully saturated rings. The summed E-state index contributed by atoms with van der Waals surface area (Å²) < 4.78 is 28.9. The molecule has 1 saturated carbocycles. The van der Waals surface area contributed by atoms with E-state index in [0.717, 1.165) is 11.1 Å². The Morgan fingerprint density at radius 1 is 0.815 bits per heavy atom. The normalized spacial score (nSPS) is 24.5. The van der Waals surface area contributed by atoms with Gasteiger partial charge in [0.1, 0.15) is 5.60 Å². The van der Waals surface area contributed by atoms with Crippen LogP contribution in [-0.4, -0.2) is 13.5 Å². The van der Waals surface area contributed by atoms with Gasteiger partial charge in [-0.05, 0) is 30.2 Å². The largest absolute Gasteiger partial charge is 0.383 e. The van der Waals surface area contributed by atoms with Crippen molar-refractivity contribution >= 4 is 10.0 Å². The summed E-state index contributed by atoms with van der Waals surface area (Å²) in [5, 5.41) is 11.4. The Morgan fingerprint density at radius 2 is 1.33 bits per heavy atom. The highest BCUT2D eigenvalue weighted by Crippen LogP contribution is 2.62. The molecule has 5 heteroatoms. The molecular weight excluding hydrogens is 358 g/mol. The highest BCUT2D eigenvalue weighted by Gasteiger charge is 2.70. The lowest BCUT2D eigenvalue weighted by Crippen LogP contribution is -2.41. The molecule has 0 unspecified atom stereocenters. The molecule has 2 N–H and O–H groups in total. The van der Waals surface area contributed by atoms with Crippen LogP contribution >= 0.6 is 0 Å². The summed E-state index contributed by atoms with van der Waals surface area (Å²) in [4.78, 5) is 0.186. The van der Waals surface area contributed by atoms with E-state index >= 15 is 0 Å². The quantitative estimate of drug-likeness (QED) is 0.713. The summed E-state index contributed by atoms with van der Waals surface area (Å²) in [5.41, 5.74) is 0.0265. The summed E-state index contributed by atoms with van der Waals surface area (Å²) in [6.07, 6.45) is 0.277. The van der Waals surface area contributed by atoms with E-state index in [2.05, 4.69) is 4.72 Å². The third kappa shape index (κ3) is 2.98. The first-order valence-corrected chi connectivity index (χ1v) is 10.3. The molecule has 27 heavy (non-hydrogen) atoms. The second kappa shape index (κ2) is 6.30. The van der Waals surface area contributed by atoms with Gasteiger partial charge in [-0.25, -0.2) is 8.42 Å². The Hall–Kier alpha value is -2.47. The highest BCUT2D eigenvalue weighted by atomic mass is 32.2. The van der Waals surface area contributed by atoms with Gasteiger partial charge in [-0.1, -0.05) is 78.4 Å². The SMILES string of the molecule is Cc1ccc(S(=O)(=O)N[C@@]2(c3ccccc3)C[C@]2(O)c2ccccc2)cc1. The van der Waals surface area contributed by atoms with E-state index in [1.165, 1.54) is 0 Å². The van der Waals surface area contributed by atoms with Crippen molar-refractivity contribution in [3.8, 4) is 0 Å². The molecule has 0 bridgehead atoms. The second-order valence-corrected chi connectivity index (χ2v) is 8.78. The first-order valence-electron chi connectivity index (χ1n) is 8.82. The maximum Gasteiger partial charge on any atom is 0.241 e. The highest BCUT2D eigenvalue weighted by molar-refractivity contribution is 7.89. The predicted octanol–water partition coefficient (Wildman–Crippen LogP) is 3.46. The molecule has 2 atom stereocenters. The number of benzene rings is 3. The molecule has 0 saturated heterocycles. The molecule has 4 nitrogen and oxygen atoms in total. The van der Waals surface area contributed by atoms with Crippen LogP contribution in [0.2, 0.25) is 0 Å². The molecule has 0 radical (unpaired) electrons. The molecule has 0 amide bonds. The fourth-order valence-corrected chi connectivity index (χ4v) is 5.08. The first-order chi connectivity index (χ1) is 12.9. The van der Waals surface area contributed by atoms with Crippen molar-refractivity contribution in [2.75, 3.05) is 0 Å². The molecule has 3 aromatic rings. The minimum absolute atomic E-state index is 0.186. The Morgan fingerprint density at radius 3 is 1.89 bits per heavy atom. The Balaban J connectivity index is 1.79. The van der Waals surface area contributed by atoms with Gasteiger partial charge in [-0.15, -0.1) is 0 Å². The van der Waals surface area contributed by atoms with Gasteiger partial charge < -0.3 is 5.11 Å². The van der Waals surface area contributed by atoms with Crippen molar-refractivity contribution in [2.45, 2.75) is 29.4 Å². The van der Waals surface area contributed by atoms with E-state index in [4.69, 9.17) is 0 Å². The lowest BCUT2D eigenvalue weighted by atomic mass is 9.97. The third-order valence-corrected chi connectivity index (χ3v) is 6.77. The zero-order valence-corrected chi connectivity index (χ0v) is 15.8. The van der Waals surface area contributed by atoms with Crippen molar-refractivity contribution < 1.29 is 13.5 Å². The minimum atomic E-state index is -3.81. The van der Waals surface area contributed by atoms with Gasteiger partial charge in [0, 0.05) is 6.42 Å². The van der Waals surface area contributed by atoms with Crippen LogP contribution in [0.4, 0.5) is 0 Å². The molecule has 0 aromatic heterocycles. The van der Waals surface area contributed by atoms with Gasteiger partial charge in [-0.3, -0.25) is 0 Å². The molecule has 0 aliphatic heterocycles. The fourth-order valence-electron chi connectivity index (χ4n) is 3.65. The van der Waals surface area contributed by atoms with E-state index in [9.17, 15) is 13.5 Å². The molecule has 0 spiro atoms. The molecule has 3 aromatic carbocycles. The van der Waals surface area contributed by atoms with Crippen LogP contribution in [0, 0.1) is 6.92 Å². The molecule has 0 heterocycles. The number of aryl methyl sites for hydroxylation is 1. The zero-order valence-electron chi connectivity index (χ0n) is 15.0. The van der Waals surface area contributed by atoms with Gasteiger partial charge in [0.25, 0.3) is 0 Å². The fraction of sp³-hybridized carbons (Fsp3) is 0.182. The lowest BCUT2D eigenvalue weighted by molar-refractivity contribution is 0.117. The third-order valence-electron chi connectivity index (χ3n) is 5.26. The Kier molecular flexibility index (Phi) is 4.18. The van der Waals surface area contributed by atoms with Crippen LogP contribution in [0.5, 0.6) is 0 Å². The number of nitrogens with one attached hydrogen (secondary N) is 1. The summed E-state index contributed by atoms with van der Waals surface area (Å²) in [6, 6.07) is 25.2. The summed E-state index contributed by atoms with van der Waals surface area (Å²) in [6.45, 7) is 1.91. The van der Waals surface area contributed by atoms with Crippen LogP contribution in [0.15, 0.2) is 89.8 Å². The second-order valence-electron chi connectivity index (χ2n) is 7.09. The number of aliphatic hydroxyl groups is 1. The van der Waals surface area contributed by atoms with Crippen LogP contribution < -0.4 is 4.72 Å². The summed E-state index contributed by atoms with van der Waals surface area (Å²) in [7, 11) is -3.81. The lowest BCUT2D eigenvalue weighted by Gasteiger charge is -2.24. The van der Waals surface area contributed by atoms with E-state index in [1.807, 2.05) is 67.6 Å². The number of hydrogen-bond acceptors (Lipinski definition) is 3. The van der Waals surface area contributed by atoms with Gasteiger partial charge in [0.05, 0.1) is 10.4 Å². The van der Waals surface area contributed by atoms with Crippen LogP contribution in [0.25, 0.3) is 0 Å². The van der Waals surface area contributed by atoms with E-state index in [-0.39, 0.29) is 11.3 Å².